The average molecular weight is 454 g/mol. The fraction of sp³-hybridized carbons (Fsp3) is 0.174. The highest BCUT2D eigenvalue weighted by Gasteiger charge is 2.11. The summed E-state index contributed by atoms with van der Waals surface area (Å²) >= 11 is 7.57. The number of thiazole rings is 1. The number of nitriles is 1. The van der Waals surface area contributed by atoms with Crippen LogP contribution >= 0.6 is 22.9 Å². The highest BCUT2D eigenvalue weighted by molar-refractivity contribution is 7.13. The van der Waals surface area contributed by atoms with E-state index in [1.807, 2.05) is 32.0 Å². The molecule has 1 aromatic heterocycles. The normalized spacial score (nSPS) is 11.0. The first-order valence-electron chi connectivity index (χ1n) is 9.41. The lowest BCUT2D eigenvalue weighted by atomic mass is 10.1. The lowest BCUT2D eigenvalue weighted by Crippen LogP contribution is -2.13. The van der Waals surface area contributed by atoms with Crippen molar-refractivity contribution in [2.24, 2.45) is 0 Å². The van der Waals surface area contributed by atoms with Crippen LogP contribution in [0.2, 0.25) is 5.02 Å². The second-order valence-corrected chi connectivity index (χ2v) is 7.92. The molecule has 0 aliphatic carbocycles. The maximum absolute atomic E-state index is 12.2. The predicted octanol–water partition coefficient (Wildman–Crippen LogP) is 5.42. The highest BCUT2D eigenvalue weighted by Crippen LogP contribution is 2.27. The molecule has 0 bridgehead atoms. The summed E-state index contributed by atoms with van der Waals surface area (Å²) in [7, 11) is 0. The number of halogens is 1. The molecule has 3 rings (SSSR count). The van der Waals surface area contributed by atoms with Gasteiger partial charge in [0.25, 0.3) is 5.91 Å². The minimum absolute atomic E-state index is 0.0539. The van der Waals surface area contributed by atoms with Crippen molar-refractivity contribution in [1.29, 1.82) is 5.26 Å². The molecule has 0 spiro atoms. The smallest absolute Gasteiger partial charge is 0.268 e. The van der Waals surface area contributed by atoms with E-state index in [1.165, 1.54) is 23.0 Å². The SMILES string of the molecule is Cc1ccc(OCCOc2ccc(/C=C(/C#N)C(=O)Nc3nccs3)cc2Cl)c(C)c1. The molecule has 158 valence electrons. The van der Waals surface area contributed by atoms with Crippen molar-refractivity contribution in [1.82, 2.24) is 4.98 Å². The van der Waals surface area contributed by atoms with E-state index in [4.69, 9.17) is 21.1 Å². The summed E-state index contributed by atoms with van der Waals surface area (Å²) in [5, 5.41) is 14.4. The Morgan fingerprint density at radius 3 is 2.58 bits per heavy atom. The molecule has 0 saturated carbocycles. The van der Waals surface area contributed by atoms with Crippen LogP contribution in [0.15, 0.2) is 53.5 Å². The molecule has 0 aliphatic rings. The number of nitrogens with zero attached hydrogens (tertiary/aromatic N) is 2. The van der Waals surface area contributed by atoms with Crippen LogP contribution in [-0.4, -0.2) is 24.1 Å². The fourth-order valence-electron chi connectivity index (χ4n) is 2.75. The first-order valence-corrected chi connectivity index (χ1v) is 10.7. The van der Waals surface area contributed by atoms with Crippen molar-refractivity contribution < 1.29 is 14.3 Å². The summed E-state index contributed by atoms with van der Waals surface area (Å²) in [6.45, 7) is 4.73. The number of rotatable bonds is 8. The second-order valence-electron chi connectivity index (χ2n) is 6.62. The summed E-state index contributed by atoms with van der Waals surface area (Å²) in [5.74, 6) is 0.784. The van der Waals surface area contributed by atoms with E-state index in [-0.39, 0.29) is 5.57 Å². The molecule has 6 nitrogen and oxygen atoms in total. The van der Waals surface area contributed by atoms with Gasteiger partial charge in [-0.15, -0.1) is 11.3 Å². The molecular weight excluding hydrogens is 434 g/mol. The van der Waals surface area contributed by atoms with E-state index in [2.05, 4.69) is 16.4 Å². The maximum Gasteiger partial charge on any atom is 0.268 e. The zero-order valence-corrected chi connectivity index (χ0v) is 18.6. The number of ether oxygens (including phenoxy) is 2. The molecule has 1 heterocycles. The van der Waals surface area contributed by atoms with Crippen molar-refractivity contribution in [2.75, 3.05) is 18.5 Å². The minimum atomic E-state index is -0.530. The van der Waals surface area contributed by atoms with Gasteiger partial charge < -0.3 is 9.47 Å². The monoisotopic (exact) mass is 453 g/mol. The number of benzene rings is 2. The van der Waals surface area contributed by atoms with Gasteiger partial charge in [0.1, 0.15) is 36.4 Å². The number of carbonyl (C=O) groups is 1. The van der Waals surface area contributed by atoms with Crippen LogP contribution in [0.5, 0.6) is 11.5 Å². The first-order chi connectivity index (χ1) is 15.0. The lowest BCUT2D eigenvalue weighted by molar-refractivity contribution is -0.112. The largest absolute Gasteiger partial charge is 0.490 e. The number of hydrogen-bond acceptors (Lipinski definition) is 6. The van der Waals surface area contributed by atoms with E-state index in [0.717, 1.165) is 11.3 Å². The van der Waals surface area contributed by atoms with Gasteiger partial charge in [-0.05, 0) is 49.2 Å². The van der Waals surface area contributed by atoms with Crippen molar-refractivity contribution >= 4 is 40.1 Å². The van der Waals surface area contributed by atoms with Crippen LogP contribution < -0.4 is 14.8 Å². The minimum Gasteiger partial charge on any atom is -0.490 e. The van der Waals surface area contributed by atoms with Gasteiger partial charge in [0.05, 0.1) is 5.02 Å². The van der Waals surface area contributed by atoms with E-state index in [0.29, 0.717) is 34.7 Å². The lowest BCUT2D eigenvalue weighted by Gasteiger charge is -2.12. The third-order valence-corrected chi connectivity index (χ3v) is 5.20. The van der Waals surface area contributed by atoms with E-state index >= 15 is 0 Å². The van der Waals surface area contributed by atoms with Crippen molar-refractivity contribution in [3.63, 3.8) is 0 Å². The van der Waals surface area contributed by atoms with Crippen LogP contribution in [0.25, 0.3) is 6.08 Å². The molecule has 0 unspecified atom stereocenters. The van der Waals surface area contributed by atoms with Crippen molar-refractivity contribution in [3.8, 4) is 17.6 Å². The standard InChI is InChI=1S/C23H20ClN3O3S/c1-15-3-5-20(16(2)11-15)29-8-9-30-21-6-4-17(13-19(21)24)12-18(14-25)22(28)27-23-26-7-10-31-23/h3-7,10-13H,8-9H2,1-2H3,(H,26,27,28)/b18-12-. The van der Waals surface area contributed by atoms with Gasteiger partial charge in [-0.1, -0.05) is 35.4 Å². The number of carbonyl (C=O) groups excluding carboxylic acids is 1. The molecular formula is C23H20ClN3O3S. The number of amides is 1. The number of aromatic nitrogens is 1. The quantitative estimate of drug-likeness (QED) is 0.280. The van der Waals surface area contributed by atoms with Gasteiger partial charge in [-0.2, -0.15) is 5.26 Å². The summed E-state index contributed by atoms with van der Waals surface area (Å²) in [5.41, 5.74) is 2.81. The van der Waals surface area contributed by atoms with Crippen molar-refractivity contribution in [2.45, 2.75) is 13.8 Å². The van der Waals surface area contributed by atoms with Crippen LogP contribution in [0.3, 0.4) is 0 Å². The van der Waals surface area contributed by atoms with Gasteiger partial charge in [-0.25, -0.2) is 4.98 Å². The summed E-state index contributed by atoms with van der Waals surface area (Å²) in [4.78, 5) is 16.2. The average Bonchev–Trinajstić information content (AvgIpc) is 3.24. The van der Waals surface area contributed by atoms with Gasteiger partial charge >= 0.3 is 0 Å². The molecule has 1 amide bonds. The zero-order chi connectivity index (χ0) is 22.2. The van der Waals surface area contributed by atoms with Crippen LogP contribution in [0, 0.1) is 25.2 Å². The third-order valence-electron chi connectivity index (χ3n) is 4.21. The predicted molar refractivity (Wildman–Crippen MR) is 123 cm³/mol. The molecule has 2 aromatic carbocycles. The summed E-state index contributed by atoms with van der Waals surface area (Å²) < 4.78 is 11.4. The first kappa shape index (κ1) is 22.3. The fourth-order valence-corrected chi connectivity index (χ4v) is 3.52. The Morgan fingerprint density at radius 1 is 1.19 bits per heavy atom. The zero-order valence-electron chi connectivity index (χ0n) is 17.0. The number of hydrogen-bond donors (Lipinski definition) is 1. The molecule has 31 heavy (non-hydrogen) atoms. The molecule has 0 saturated heterocycles. The number of aryl methyl sites for hydroxylation is 2. The van der Waals surface area contributed by atoms with Crippen molar-refractivity contribution in [3.05, 3.63) is 75.3 Å². The van der Waals surface area contributed by atoms with Gasteiger partial charge in [0.2, 0.25) is 0 Å². The van der Waals surface area contributed by atoms with Crippen LogP contribution in [0.4, 0.5) is 5.13 Å². The Morgan fingerprint density at radius 2 is 1.94 bits per heavy atom. The molecule has 0 radical (unpaired) electrons. The van der Waals surface area contributed by atoms with Gasteiger partial charge in [-0.3, -0.25) is 10.1 Å². The second kappa shape index (κ2) is 10.6. The maximum atomic E-state index is 12.2. The Kier molecular flexibility index (Phi) is 7.65. The van der Waals surface area contributed by atoms with E-state index in [1.54, 1.807) is 29.8 Å². The molecule has 0 aliphatic heterocycles. The van der Waals surface area contributed by atoms with E-state index in [9.17, 15) is 10.1 Å². The van der Waals surface area contributed by atoms with Crippen LogP contribution in [0.1, 0.15) is 16.7 Å². The molecule has 1 N–H and O–H groups in total. The Labute approximate surface area is 189 Å². The third kappa shape index (κ3) is 6.32. The summed E-state index contributed by atoms with van der Waals surface area (Å²) in [6, 6.07) is 12.9. The Bertz CT molecular complexity index is 1140. The van der Waals surface area contributed by atoms with Gasteiger partial charge in [0, 0.05) is 11.6 Å². The summed E-state index contributed by atoms with van der Waals surface area (Å²) in [6.07, 6.45) is 3.03. The van der Waals surface area contributed by atoms with Gasteiger partial charge in [0.15, 0.2) is 5.13 Å². The molecule has 0 atom stereocenters. The number of nitrogens with one attached hydrogen (secondary N) is 1. The van der Waals surface area contributed by atoms with Crippen LogP contribution in [-0.2, 0) is 4.79 Å². The topological polar surface area (TPSA) is 84.2 Å². The number of anilines is 1. The Hall–Kier alpha value is -3.34. The highest BCUT2D eigenvalue weighted by atomic mass is 35.5. The molecule has 0 fully saturated rings. The Balaban J connectivity index is 1.58. The molecule has 3 aromatic rings. The van der Waals surface area contributed by atoms with E-state index < -0.39 is 5.91 Å². The molecule has 8 heteroatoms.